The molecule has 0 spiro atoms. The first-order valence-electron chi connectivity index (χ1n) is 6.16. The first kappa shape index (κ1) is 13.7. The number of aromatic nitrogens is 3. The van der Waals surface area contributed by atoms with Crippen molar-refractivity contribution in [3.8, 4) is 6.07 Å². The van der Waals surface area contributed by atoms with E-state index in [0.29, 0.717) is 12.5 Å². The van der Waals surface area contributed by atoms with Crippen molar-refractivity contribution in [2.45, 2.75) is 52.7 Å². The summed E-state index contributed by atoms with van der Waals surface area (Å²) in [6, 6.07) is 2.60. The lowest BCUT2D eigenvalue weighted by atomic mass is 10.3. The lowest BCUT2D eigenvalue weighted by Crippen LogP contribution is -2.32. The van der Waals surface area contributed by atoms with Crippen LogP contribution in [0.25, 0.3) is 0 Å². The lowest BCUT2D eigenvalue weighted by Gasteiger charge is -2.24. The molecule has 0 aromatic carbocycles. The van der Waals surface area contributed by atoms with Crippen LogP contribution in [0.4, 0.5) is 0 Å². The highest BCUT2D eigenvalue weighted by Crippen LogP contribution is 2.07. The molecule has 1 aromatic heterocycles. The van der Waals surface area contributed by atoms with E-state index < -0.39 is 0 Å². The van der Waals surface area contributed by atoms with E-state index in [9.17, 15) is 0 Å². The van der Waals surface area contributed by atoms with Gasteiger partial charge in [-0.3, -0.25) is 4.90 Å². The first-order chi connectivity index (χ1) is 8.19. The van der Waals surface area contributed by atoms with E-state index in [-0.39, 0.29) is 0 Å². The molecule has 0 saturated carbocycles. The van der Waals surface area contributed by atoms with Gasteiger partial charge in [0.15, 0.2) is 0 Å². The molecule has 0 unspecified atom stereocenters. The summed E-state index contributed by atoms with van der Waals surface area (Å²) in [7, 11) is 0. The van der Waals surface area contributed by atoms with Gasteiger partial charge in [0.2, 0.25) is 0 Å². The molecule has 0 aliphatic rings. The van der Waals surface area contributed by atoms with Gasteiger partial charge in [0.1, 0.15) is 12.2 Å². The lowest BCUT2D eigenvalue weighted by molar-refractivity contribution is 0.208. The van der Waals surface area contributed by atoms with Crippen molar-refractivity contribution >= 4 is 0 Å². The summed E-state index contributed by atoms with van der Waals surface area (Å²) >= 11 is 0. The van der Waals surface area contributed by atoms with Gasteiger partial charge in [0.25, 0.3) is 0 Å². The minimum atomic E-state index is 0.412. The average molecular weight is 235 g/mol. The van der Waals surface area contributed by atoms with Crippen molar-refractivity contribution in [1.29, 1.82) is 5.26 Å². The van der Waals surface area contributed by atoms with Crippen LogP contribution in [0.3, 0.4) is 0 Å². The predicted molar refractivity (Wildman–Crippen MR) is 66.1 cm³/mol. The molecule has 0 bridgehead atoms. The highest BCUT2D eigenvalue weighted by Gasteiger charge is 2.13. The highest BCUT2D eigenvalue weighted by molar-refractivity contribution is 4.86. The molecule has 1 heterocycles. The minimum absolute atomic E-state index is 0.412. The Balaban J connectivity index is 2.65. The summed E-state index contributed by atoms with van der Waals surface area (Å²) < 4.78 is 1.95. The van der Waals surface area contributed by atoms with Crippen molar-refractivity contribution < 1.29 is 0 Å². The monoisotopic (exact) mass is 235 g/mol. The molecule has 0 amide bonds. The Morgan fingerprint density at radius 1 is 1.53 bits per heavy atom. The van der Waals surface area contributed by atoms with Crippen molar-refractivity contribution in [3.05, 3.63) is 12.2 Å². The first-order valence-corrected chi connectivity index (χ1v) is 6.16. The third-order valence-electron chi connectivity index (χ3n) is 2.72. The van der Waals surface area contributed by atoms with E-state index >= 15 is 0 Å². The Bertz CT molecular complexity index is 363. The zero-order valence-corrected chi connectivity index (χ0v) is 10.9. The smallest absolute Gasteiger partial charge is 0.141 e. The molecule has 17 heavy (non-hydrogen) atoms. The molecular formula is C12H21N5. The quantitative estimate of drug-likeness (QED) is 0.723. The zero-order chi connectivity index (χ0) is 12.7. The van der Waals surface area contributed by atoms with E-state index in [1.54, 1.807) is 6.33 Å². The molecule has 1 rings (SSSR count). The van der Waals surface area contributed by atoms with Gasteiger partial charge in [0.05, 0.1) is 12.6 Å². The van der Waals surface area contributed by atoms with Crippen molar-refractivity contribution in [2.75, 3.05) is 6.54 Å². The van der Waals surface area contributed by atoms with Crippen LogP contribution in [0.15, 0.2) is 6.33 Å². The van der Waals surface area contributed by atoms with Crippen LogP contribution in [0.5, 0.6) is 0 Å². The molecule has 5 heteroatoms. The van der Waals surface area contributed by atoms with E-state index in [2.05, 4.69) is 41.8 Å². The molecule has 0 saturated heterocycles. The zero-order valence-electron chi connectivity index (χ0n) is 10.9. The number of hydrogen-bond acceptors (Lipinski definition) is 4. The molecular weight excluding hydrogens is 214 g/mol. The Labute approximate surface area is 103 Å². The summed E-state index contributed by atoms with van der Waals surface area (Å²) in [5, 5.41) is 12.9. The molecule has 1 aromatic rings. The largest absolute Gasteiger partial charge is 0.292 e. The van der Waals surface area contributed by atoms with E-state index in [0.717, 1.165) is 31.9 Å². The van der Waals surface area contributed by atoms with Crippen molar-refractivity contribution in [2.24, 2.45) is 0 Å². The fraction of sp³-hybridized carbons (Fsp3) is 0.750. The third-order valence-corrected chi connectivity index (χ3v) is 2.72. The van der Waals surface area contributed by atoms with Crippen LogP contribution < -0.4 is 0 Å². The van der Waals surface area contributed by atoms with Gasteiger partial charge < -0.3 is 0 Å². The van der Waals surface area contributed by atoms with Gasteiger partial charge in [0, 0.05) is 25.6 Å². The molecule has 5 nitrogen and oxygen atoms in total. The maximum absolute atomic E-state index is 8.65. The molecule has 94 valence electrons. The predicted octanol–water partition coefficient (Wildman–Crippen LogP) is 1.81. The minimum Gasteiger partial charge on any atom is -0.292 e. The topological polar surface area (TPSA) is 57.7 Å². The van der Waals surface area contributed by atoms with Gasteiger partial charge in [-0.1, -0.05) is 6.92 Å². The summed E-state index contributed by atoms with van der Waals surface area (Å²) in [6.45, 7) is 8.85. The van der Waals surface area contributed by atoms with Gasteiger partial charge in [-0.2, -0.15) is 10.4 Å². The molecule has 0 aliphatic carbocycles. The number of aryl methyl sites for hydroxylation is 1. The Kier molecular flexibility index (Phi) is 5.64. The second-order valence-electron chi connectivity index (χ2n) is 4.37. The summed E-state index contributed by atoms with van der Waals surface area (Å²) in [4.78, 5) is 6.54. The van der Waals surface area contributed by atoms with Crippen LogP contribution in [-0.2, 0) is 13.1 Å². The SMILES string of the molecule is CCCn1ncnc1CN(CCC#N)C(C)C. The normalized spacial score (nSPS) is 11.1. The molecule has 0 aliphatic heterocycles. The fourth-order valence-electron chi connectivity index (χ4n) is 1.70. The maximum Gasteiger partial charge on any atom is 0.141 e. The number of nitrogens with zero attached hydrogens (tertiary/aromatic N) is 5. The second kappa shape index (κ2) is 7.02. The van der Waals surface area contributed by atoms with E-state index in [4.69, 9.17) is 5.26 Å². The molecule has 0 atom stereocenters. The van der Waals surface area contributed by atoms with Gasteiger partial charge in [-0.15, -0.1) is 0 Å². The van der Waals surface area contributed by atoms with Gasteiger partial charge >= 0.3 is 0 Å². The maximum atomic E-state index is 8.65. The van der Waals surface area contributed by atoms with Crippen molar-refractivity contribution in [1.82, 2.24) is 19.7 Å². The Hall–Kier alpha value is -1.41. The Morgan fingerprint density at radius 3 is 2.88 bits per heavy atom. The van der Waals surface area contributed by atoms with E-state index in [1.807, 2.05) is 4.68 Å². The average Bonchev–Trinajstić information content (AvgIpc) is 2.72. The summed E-state index contributed by atoms with van der Waals surface area (Å²) in [5.41, 5.74) is 0. The second-order valence-corrected chi connectivity index (χ2v) is 4.37. The summed E-state index contributed by atoms with van der Waals surface area (Å²) in [5.74, 6) is 0.985. The van der Waals surface area contributed by atoms with E-state index in [1.165, 1.54) is 0 Å². The molecule has 0 radical (unpaired) electrons. The van der Waals surface area contributed by atoms with Crippen LogP contribution in [0, 0.1) is 11.3 Å². The number of hydrogen-bond donors (Lipinski definition) is 0. The standard InChI is InChI=1S/C12H21N5/c1-4-7-17-12(14-10-15-17)9-16(11(2)3)8-5-6-13/h10-11H,4-5,7-9H2,1-3H3. The molecule has 0 N–H and O–H groups in total. The van der Waals surface area contributed by atoms with Crippen LogP contribution in [0.1, 0.15) is 39.4 Å². The van der Waals surface area contributed by atoms with Gasteiger partial charge in [-0.25, -0.2) is 9.67 Å². The van der Waals surface area contributed by atoms with Gasteiger partial charge in [-0.05, 0) is 20.3 Å². The third kappa shape index (κ3) is 4.16. The van der Waals surface area contributed by atoms with Crippen LogP contribution in [-0.4, -0.2) is 32.3 Å². The Morgan fingerprint density at radius 2 is 2.29 bits per heavy atom. The van der Waals surface area contributed by atoms with Crippen molar-refractivity contribution in [3.63, 3.8) is 0 Å². The highest BCUT2D eigenvalue weighted by atomic mass is 15.3. The van der Waals surface area contributed by atoms with Crippen LogP contribution >= 0.6 is 0 Å². The molecule has 0 fully saturated rings. The summed E-state index contributed by atoms with van der Waals surface area (Å²) in [6.07, 6.45) is 3.21. The number of nitriles is 1. The van der Waals surface area contributed by atoms with Crippen LogP contribution in [0.2, 0.25) is 0 Å². The fourth-order valence-corrected chi connectivity index (χ4v) is 1.70. The number of rotatable bonds is 7.